The third-order valence-corrected chi connectivity index (χ3v) is 4.63. The van der Waals surface area contributed by atoms with Crippen LogP contribution in [-0.2, 0) is 4.79 Å². The number of rotatable bonds is 6. The van der Waals surface area contributed by atoms with Gasteiger partial charge in [-0.1, -0.05) is 46.5 Å². The molecule has 0 spiro atoms. The van der Waals surface area contributed by atoms with Crippen molar-refractivity contribution in [2.45, 2.75) is 71.3 Å². The fraction of sp³-hybridized carbons (Fsp3) is 0.933. The van der Waals surface area contributed by atoms with E-state index in [1.807, 2.05) is 0 Å². The molecule has 1 rings (SSSR count). The van der Waals surface area contributed by atoms with Crippen molar-refractivity contribution in [2.24, 2.45) is 5.92 Å². The van der Waals surface area contributed by atoms with Crippen LogP contribution >= 0.6 is 0 Å². The van der Waals surface area contributed by atoms with Gasteiger partial charge in [0.15, 0.2) is 0 Å². The molecular weight excluding hydrogens is 226 g/mol. The molecule has 0 aliphatic heterocycles. The van der Waals surface area contributed by atoms with Crippen molar-refractivity contribution < 1.29 is 9.90 Å². The highest BCUT2D eigenvalue weighted by molar-refractivity contribution is 5.78. The molecule has 0 bridgehead atoms. The molecular formula is C15H29NO2. The molecule has 1 N–H and O–H groups in total. The molecule has 3 nitrogen and oxygen atoms in total. The number of carboxylic acids is 1. The van der Waals surface area contributed by atoms with E-state index in [0.29, 0.717) is 0 Å². The maximum atomic E-state index is 11.8. The average Bonchev–Trinajstić information content (AvgIpc) is 2.55. The Kier molecular flexibility index (Phi) is 6.13. The lowest BCUT2D eigenvalue weighted by Gasteiger charge is -2.39. The molecule has 0 heterocycles. The van der Waals surface area contributed by atoms with Crippen molar-refractivity contribution in [3.8, 4) is 0 Å². The van der Waals surface area contributed by atoms with Crippen LogP contribution in [0.2, 0.25) is 0 Å². The first-order chi connectivity index (χ1) is 8.60. The highest BCUT2D eigenvalue weighted by Gasteiger charge is 2.43. The van der Waals surface area contributed by atoms with Gasteiger partial charge < -0.3 is 5.11 Å². The topological polar surface area (TPSA) is 40.5 Å². The Morgan fingerprint density at radius 3 is 2.39 bits per heavy atom. The molecule has 106 valence electrons. The van der Waals surface area contributed by atoms with E-state index in [4.69, 9.17) is 0 Å². The number of likely N-dealkylation sites (N-methyl/N-ethyl adjacent to an activating group) is 1. The predicted molar refractivity (Wildman–Crippen MR) is 74.8 cm³/mol. The van der Waals surface area contributed by atoms with E-state index in [9.17, 15) is 9.90 Å². The van der Waals surface area contributed by atoms with Crippen LogP contribution < -0.4 is 0 Å². The molecule has 1 saturated carbocycles. The summed E-state index contributed by atoms with van der Waals surface area (Å²) in [6.45, 7) is 8.04. The highest BCUT2D eigenvalue weighted by Crippen LogP contribution is 2.36. The SMILES string of the molecule is CCCC1CCCC(C(=O)O)(N(CC)CC)CC1. The van der Waals surface area contributed by atoms with Crippen LogP contribution in [0.3, 0.4) is 0 Å². The van der Waals surface area contributed by atoms with Crippen molar-refractivity contribution in [3.63, 3.8) is 0 Å². The van der Waals surface area contributed by atoms with E-state index in [1.54, 1.807) is 0 Å². The Hall–Kier alpha value is -0.570. The number of carboxylic acid groups (broad SMARTS) is 1. The lowest BCUT2D eigenvalue weighted by molar-refractivity contribution is -0.152. The van der Waals surface area contributed by atoms with Gasteiger partial charge in [0.1, 0.15) is 5.54 Å². The van der Waals surface area contributed by atoms with Gasteiger partial charge in [-0.15, -0.1) is 0 Å². The smallest absolute Gasteiger partial charge is 0.324 e. The van der Waals surface area contributed by atoms with E-state index in [-0.39, 0.29) is 0 Å². The monoisotopic (exact) mass is 255 g/mol. The molecule has 0 radical (unpaired) electrons. The zero-order valence-corrected chi connectivity index (χ0v) is 12.2. The van der Waals surface area contributed by atoms with Gasteiger partial charge in [0, 0.05) is 0 Å². The molecule has 0 aromatic rings. The summed E-state index contributed by atoms with van der Waals surface area (Å²) in [6.07, 6.45) is 7.48. The minimum Gasteiger partial charge on any atom is -0.480 e. The highest BCUT2D eigenvalue weighted by atomic mass is 16.4. The van der Waals surface area contributed by atoms with E-state index in [0.717, 1.165) is 44.7 Å². The zero-order chi connectivity index (χ0) is 13.6. The zero-order valence-electron chi connectivity index (χ0n) is 12.2. The predicted octanol–water partition coefficient (Wildman–Crippen LogP) is 3.53. The molecule has 3 heteroatoms. The van der Waals surface area contributed by atoms with Crippen molar-refractivity contribution in [2.75, 3.05) is 13.1 Å². The second-order valence-corrected chi connectivity index (χ2v) is 5.59. The Labute approximate surface area is 112 Å². The Morgan fingerprint density at radius 2 is 1.89 bits per heavy atom. The minimum absolute atomic E-state index is 0.591. The summed E-state index contributed by atoms with van der Waals surface area (Å²) in [5.74, 6) is 0.134. The minimum atomic E-state index is -0.608. The largest absolute Gasteiger partial charge is 0.480 e. The molecule has 0 amide bonds. The summed E-state index contributed by atoms with van der Waals surface area (Å²) in [5.41, 5.74) is -0.591. The normalized spacial score (nSPS) is 29.2. The number of nitrogens with zero attached hydrogens (tertiary/aromatic N) is 1. The van der Waals surface area contributed by atoms with Crippen LogP contribution in [0, 0.1) is 5.92 Å². The summed E-state index contributed by atoms with van der Waals surface area (Å²) < 4.78 is 0. The first-order valence-corrected chi connectivity index (χ1v) is 7.59. The van der Waals surface area contributed by atoms with Crippen molar-refractivity contribution >= 4 is 5.97 Å². The van der Waals surface area contributed by atoms with Crippen LogP contribution in [-0.4, -0.2) is 34.6 Å². The second kappa shape index (κ2) is 7.13. The van der Waals surface area contributed by atoms with E-state index in [2.05, 4.69) is 25.7 Å². The third kappa shape index (κ3) is 3.25. The summed E-state index contributed by atoms with van der Waals surface area (Å²) in [4.78, 5) is 14.0. The maximum Gasteiger partial charge on any atom is 0.324 e. The summed E-state index contributed by atoms with van der Waals surface area (Å²) in [6, 6.07) is 0. The van der Waals surface area contributed by atoms with Gasteiger partial charge in [-0.3, -0.25) is 9.69 Å². The van der Waals surface area contributed by atoms with E-state index < -0.39 is 11.5 Å². The second-order valence-electron chi connectivity index (χ2n) is 5.59. The van der Waals surface area contributed by atoms with Crippen LogP contribution in [0.25, 0.3) is 0 Å². The van der Waals surface area contributed by atoms with Crippen molar-refractivity contribution in [1.29, 1.82) is 0 Å². The first-order valence-electron chi connectivity index (χ1n) is 7.59. The first kappa shape index (κ1) is 15.5. The molecule has 2 unspecified atom stereocenters. The van der Waals surface area contributed by atoms with Gasteiger partial charge in [0.25, 0.3) is 0 Å². The molecule has 1 fully saturated rings. The number of carbonyl (C=O) groups is 1. The summed E-state index contributed by atoms with van der Waals surface area (Å²) >= 11 is 0. The average molecular weight is 255 g/mol. The molecule has 0 saturated heterocycles. The van der Waals surface area contributed by atoms with Gasteiger partial charge >= 0.3 is 5.97 Å². The van der Waals surface area contributed by atoms with Crippen molar-refractivity contribution in [1.82, 2.24) is 4.90 Å². The third-order valence-electron chi connectivity index (χ3n) is 4.63. The van der Waals surface area contributed by atoms with Crippen LogP contribution in [0.1, 0.15) is 65.7 Å². The lowest BCUT2D eigenvalue weighted by atomic mass is 9.87. The quantitative estimate of drug-likeness (QED) is 0.738. The molecule has 1 aliphatic carbocycles. The number of aliphatic carboxylic acids is 1. The van der Waals surface area contributed by atoms with Gasteiger partial charge in [0.2, 0.25) is 0 Å². The number of hydrogen-bond donors (Lipinski definition) is 1. The molecule has 18 heavy (non-hydrogen) atoms. The van der Waals surface area contributed by atoms with Gasteiger partial charge in [-0.25, -0.2) is 0 Å². The Morgan fingerprint density at radius 1 is 1.22 bits per heavy atom. The standard InChI is InChI=1S/C15H29NO2/c1-4-8-13-9-7-11-15(12-10-13,14(17)18)16(5-2)6-3/h13H,4-12H2,1-3H3,(H,17,18). The lowest BCUT2D eigenvalue weighted by Crippen LogP contribution is -2.54. The summed E-state index contributed by atoms with van der Waals surface area (Å²) in [7, 11) is 0. The van der Waals surface area contributed by atoms with Crippen molar-refractivity contribution in [3.05, 3.63) is 0 Å². The maximum absolute atomic E-state index is 11.8. The molecule has 0 aromatic carbocycles. The van der Waals surface area contributed by atoms with Gasteiger partial charge in [0.05, 0.1) is 0 Å². The molecule has 0 aromatic heterocycles. The molecule has 2 atom stereocenters. The van der Waals surface area contributed by atoms with Crippen LogP contribution in [0.4, 0.5) is 0 Å². The molecule has 1 aliphatic rings. The van der Waals surface area contributed by atoms with Crippen LogP contribution in [0.5, 0.6) is 0 Å². The Bertz CT molecular complexity index is 263. The van der Waals surface area contributed by atoms with Gasteiger partial charge in [-0.05, 0) is 38.3 Å². The Balaban J connectivity index is 2.82. The van der Waals surface area contributed by atoms with Gasteiger partial charge in [-0.2, -0.15) is 0 Å². The fourth-order valence-corrected chi connectivity index (χ4v) is 3.59. The fourth-order valence-electron chi connectivity index (χ4n) is 3.59. The number of hydrogen-bond acceptors (Lipinski definition) is 2. The summed E-state index contributed by atoms with van der Waals surface area (Å²) in [5, 5.41) is 9.72. The van der Waals surface area contributed by atoms with Crippen LogP contribution in [0.15, 0.2) is 0 Å². The van der Waals surface area contributed by atoms with E-state index >= 15 is 0 Å². The van der Waals surface area contributed by atoms with E-state index in [1.165, 1.54) is 19.3 Å².